The third kappa shape index (κ3) is 1.50. The van der Waals surface area contributed by atoms with Gasteiger partial charge >= 0.3 is 0 Å². The fraction of sp³-hybridized carbons (Fsp3) is 0.125. The first kappa shape index (κ1) is 11.2. The molecule has 1 aliphatic rings. The quantitative estimate of drug-likeness (QED) is 0.799. The Morgan fingerprint density at radius 2 is 1.28 bits per heavy atom. The molecule has 0 unspecified atom stereocenters. The van der Waals surface area contributed by atoms with E-state index >= 15 is 0 Å². The molecule has 0 saturated heterocycles. The molecule has 90 valence electrons. The van der Waals surface area contributed by atoms with Gasteiger partial charge in [-0.2, -0.15) is 0 Å². The van der Waals surface area contributed by atoms with Crippen LogP contribution in [0.25, 0.3) is 12.2 Å². The van der Waals surface area contributed by atoms with Gasteiger partial charge in [-0.05, 0) is 22.3 Å². The van der Waals surface area contributed by atoms with Crippen LogP contribution in [0.1, 0.15) is 22.3 Å². The molecule has 2 aromatic rings. The van der Waals surface area contributed by atoms with E-state index in [1.165, 1.54) is 0 Å². The Morgan fingerprint density at radius 3 is 1.72 bits per heavy atom. The monoisotopic (exact) mass is 237 g/mol. The zero-order valence-electron chi connectivity index (χ0n) is 10.0. The standard InChI is InChI=1S/C16H15NO/c17-11-16(18)14-7-3-1-5-12(14)9-10-13-6-2-4-8-15(13)16/h1-10,18H,11,17H2. The normalized spacial score (nSPS) is 15.7. The van der Waals surface area contributed by atoms with E-state index < -0.39 is 5.60 Å². The van der Waals surface area contributed by atoms with E-state index in [0.717, 1.165) is 22.3 Å². The minimum Gasteiger partial charge on any atom is -0.379 e. The number of aliphatic hydroxyl groups is 1. The van der Waals surface area contributed by atoms with Crippen LogP contribution in [-0.4, -0.2) is 11.7 Å². The van der Waals surface area contributed by atoms with Crippen LogP contribution in [0.2, 0.25) is 0 Å². The molecule has 0 fully saturated rings. The van der Waals surface area contributed by atoms with Gasteiger partial charge in [-0.25, -0.2) is 0 Å². The van der Waals surface area contributed by atoms with Gasteiger partial charge < -0.3 is 10.8 Å². The number of benzene rings is 2. The van der Waals surface area contributed by atoms with Crippen molar-refractivity contribution in [1.82, 2.24) is 0 Å². The first-order valence-electron chi connectivity index (χ1n) is 6.05. The molecule has 2 nitrogen and oxygen atoms in total. The Hall–Kier alpha value is -1.90. The van der Waals surface area contributed by atoms with E-state index in [-0.39, 0.29) is 6.54 Å². The lowest BCUT2D eigenvalue weighted by Crippen LogP contribution is -2.37. The lowest BCUT2D eigenvalue weighted by atomic mass is 9.83. The van der Waals surface area contributed by atoms with Crippen LogP contribution >= 0.6 is 0 Å². The molecule has 0 amide bonds. The van der Waals surface area contributed by atoms with Crippen molar-refractivity contribution in [2.75, 3.05) is 6.54 Å². The zero-order valence-corrected chi connectivity index (χ0v) is 10.0. The third-order valence-electron chi connectivity index (χ3n) is 3.55. The lowest BCUT2D eigenvalue weighted by molar-refractivity contribution is 0.0900. The maximum Gasteiger partial charge on any atom is 0.128 e. The van der Waals surface area contributed by atoms with E-state index in [1.54, 1.807) is 0 Å². The molecule has 2 heteroatoms. The van der Waals surface area contributed by atoms with Gasteiger partial charge in [-0.15, -0.1) is 0 Å². The van der Waals surface area contributed by atoms with E-state index in [9.17, 15) is 5.11 Å². The number of nitrogens with two attached hydrogens (primary N) is 1. The summed E-state index contributed by atoms with van der Waals surface area (Å²) < 4.78 is 0. The molecule has 1 aliphatic carbocycles. The summed E-state index contributed by atoms with van der Waals surface area (Å²) >= 11 is 0. The van der Waals surface area contributed by atoms with Crippen molar-refractivity contribution in [3.05, 3.63) is 70.8 Å². The summed E-state index contributed by atoms with van der Waals surface area (Å²) in [6.45, 7) is 0.169. The van der Waals surface area contributed by atoms with Crippen molar-refractivity contribution in [1.29, 1.82) is 0 Å². The predicted molar refractivity (Wildman–Crippen MR) is 73.9 cm³/mol. The van der Waals surface area contributed by atoms with Gasteiger partial charge in [-0.1, -0.05) is 60.7 Å². The van der Waals surface area contributed by atoms with Crippen LogP contribution in [-0.2, 0) is 5.60 Å². The van der Waals surface area contributed by atoms with Gasteiger partial charge in [0.05, 0.1) is 0 Å². The molecule has 2 aromatic carbocycles. The van der Waals surface area contributed by atoms with Crippen LogP contribution in [0.3, 0.4) is 0 Å². The summed E-state index contributed by atoms with van der Waals surface area (Å²) in [5.74, 6) is 0. The number of hydrogen-bond donors (Lipinski definition) is 2. The summed E-state index contributed by atoms with van der Waals surface area (Å²) in [4.78, 5) is 0. The van der Waals surface area contributed by atoms with Gasteiger partial charge in [0.15, 0.2) is 0 Å². The van der Waals surface area contributed by atoms with Crippen molar-refractivity contribution in [2.45, 2.75) is 5.60 Å². The molecule has 0 aromatic heterocycles. The smallest absolute Gasteiger partial charge is 0.128 e. The SMILES string of the molecule is NCC1(O)c2ccccc2C=Cc2ccccc21. The maximum absolute atomic E-state index is 11.0. The molecule has 0 atom stereocenters. The van der Waals surface area contributed by atoms with Gasteiger partial charge in [0, 0.05) is 6.54 Å². The second-order valence-electron chi connectivity index (χ2n) is 4.57. The third-order valence-corrected chi connectivity index (χ3v) is 3.55. The zero-order chi connectivity index (χ0) is 12.6. The topological polar surface area (TPSA) is 46.2 Å². The van der Waals surface area contributed by atoms with Crippen LogP contribution in [0.5, 0.6) is 0 Å². The first-order valence-corrected chi connectivity index (χ1v) is 6.05. The minimum absolute atomic E-state index is 0.169. The average molecular weight is 237 g/mol. The molecule has 0 heterocycles. The molecule has 18 heavy (non-hydrogen) atoms. The Labute approximate surface area is 106 Å². The average Bonchev–Trinajstić information content (AvgIpc) is 2.56. The van der Waals surface area contributed by atoms with E-state index in [0.29, 0.717) is 0 Å². The van der Waals surface area contributed by atoms with Crippen LogP contribution in [0, 0.1) is 0 Å². The number of hydrogen-bond acceptors (Lipinski definition) is 2. The van der Waals surface area contributed by atoms with Crippen molar-refractivity contribution in [2.24, 2.45) is 5.73 Å². The van der Waals surface area contributed by atoms with Crippen LogP contribution < -0.4 is 5.73 Å². The summed E-state index contributed by atoms with van der Waals surface area (Å²) in [6.07, 6.45) is 4.06. The minimum atomic E-state index is -1.11. The summed E-state index contributed by atoms with van der Waals surface area (Å²) in [5, 5.41) is 11.0. The molecular weight excluding hydrogens is 222 g/mol. The van der Waals surface area contributed by atoms with Gasteiger partial charge in [-0.3, -0.25) is 0 Å². The summed E-state index contributed by atoms with van der Waals surface area (Å²) in [5.41, 5.74) is 8.51. The molecule has 3 N–H and O–H groups in total. The lowest BCUT2D eigenvalue weighted by Gasteiger charge is -2.29. The van der Waals surface area contributed by atoms with Crippen molar-refractivity contribution in [3.63, 3.8) is 0 Å². The van der Waals surface area contributed by atoms with E-state index in [4.69, 9.17) is 5.73 Å². The second-order valence-corrected chi connectivity index (χ2v) is 4.57. The van der Waals surface area contributed by atoms with Crippen molar-refractivity contribution < 1.29 is 5.11 Å². The molecule has 0 radical (unpaired) electrons. The summed E-state index contributed by atoms with van der Waals surface area (Å²) in [6, 6.07) is 15.7. The molecule has 0 aliphatic heterocycles. The highest BCUT2D eigenvalue weighted by Crippen LogP contribution is 2.36. The van der Waals surface area contributed by atoms with Crippen LogP contribution in [0.15, 0.2) is 48.5 Å². The Bertz CT molecular complexity index is 566. The van der Waals surface area contributed by atoms with Crippen molar-refractivity contribution >= 4 is 12.2 Å². The van der Waals surface area contributed by atoms with E-state index in [1.807, 2.05) is 60.7 Å². The number of fused-ring (bicyclic) bond motifs is 2. The van der Waals surface area contributed by atoms with Gasteiger partial charge in [0.1, 0.15) is 5.60 Å². The maximum atomic E-state index is 11.0. The highest BCUT2D eigenvalue weighted by atomic mass is 16.3. The molecule has 3 rings (SSSR count). The second kappa shape index (κ2) is 4.09. The van der Waals surface area contributed by atoms with Gasteiger partial charge in [0.25, 0.3) is 0 Å². The highest BCUT2D eigenvalue weighted by Gasteiger charge is 2.34. The highest BCUT2D eigenvalue weighted by molar-refractivity contribution is 5.77. The van der Waals surface area contributed by atoms with E-state index in [2.05, 4.69) is 0 Å². The Kier molecular flexibility index (Phi) is 2.54. The Morgan fingerprint density at radius 1 is 0.833 bits per heavy atom. The molecule has 0 bridgehead atoms. The van der Waals surface area contributed by atoms with Crippen LogP contribution in [0.4, 0.5) is 0 Å². The van der Waals surface area contributed by atoms with Gasteiger partial charge in [0.2, 0.25) is 0 Å². The fourth-order valence-corrected chi connectivity index (χ4v) is 2.58. The van der Waals surface area contributed by atoms with Crippen molar-refractivity contribution in [3.8, 4) is 0 Å². The predicted octanol–water partition coefficient (Wildman–Crippen LogP) is 2.37. The molecular formula is C16H15NO. The largest absolute Gasteiger partial charge is 0.379 e. The number of rotatable bonds is 1. The molecule has 0 saturated carbocycles. The molecule has 0 spiro atoms. The summed E-state index contributed by atoms with van der Waals surface area (Å²) in [7, 11) is 0. The fourth-order valence-electron chi connectivity index (χ4n) is 2.58. The first-order chi connectivity index (χ1) is 8.75. The Balaban J connectivity index is 2.35.